The van der Waals surface area contributed by atoms with Crippen LogP contribution in [0.5, 0.6) is 0 Å². The first-order valence-electron chi connectivity index (χ1n) is 8.39. The van der Waals surface area contributed by atoms with Gasteiger partial charge in [0.15, 0.2) is 0 Å². The summed E-state index contributed by atoms with van der Waals surface area (Å²) in [7, 11) is 0. The van der Waals surface area contributed by atoms with Crippen LogP contribution in [0.1, 0.15) is 12.0 Å². The highest BCUT2D eigenvalue weighted by atomic mass is 16.4. The number of hydrogen-bond acceptors (Lipinski definition) is 2. The molecule has 2 nitrogen and oxygen atoms in total. The number of nitrogens with two attached hydrogens (primary N) is 1. The van der Waals surface area contributed by atoms with Crippen molar-refractivity contribution < 1.29 is 4.65 Å². The monoisotopic (exact) mass is 315 g/mol. The minimum absolute atomic E-state index is 0.0273. The largest absolute Gasteiger partial charge is 0.427 e. The van der Waals surface area contributed by atoms with E-state index < -0.39 is 0 Å². The number of hydrogen-bond donors (Lipinski definition) is 1. The van der Waals surface area contributed by atoms with Crippen molar-refractivity contribution in [3.8, 4) is 0 Å². The van der Waals surface area contributed by atoms with E-state index in [1.807, 2.05) is 30.3 Å². The van der Waals surface area contributed by atoms with Gasteiger partial charge in [0, 0.05) is 12.3 Å². The summed E-state index contributed by atoms with van der Waals surface area (Å²) in [6.07, 6.45) is 1.88. The van der Waals surface area contributed by atoms with Gasteiger partial charge in [-0.1, -0.05) is 78.9 Å². The highest BCUT2D eigenvalue weighted by Crippen LogP contribution is 2.12. The Bertz CT molecular complexity index is 707. The van der Waals surface area contributed by atoms with E-state index in [-0.39, 0.29) is 6.92 Å². The van der Waals surface area contributed by atoms with E-state index in [1.165, 1.54) is 16.5 Å². The fourth-order valence-corrected chi connectivity index (χ4v) is 2.87. The Morgan fingerprint density at radius 3 is 1.83 bits per heavy atom. The summed E-state index contributed by atoms with van der Waals surface area (Å²) in [6, 6.07) is 28.8. The molecular formula is C21H22BNO. The summed E-state index contributed by atoms with van der Waals surface area (Å²) in [5.74, 6) is 0. The average Bonchev–Trinajstić information content (AvgIpc) is 2.64. The highest BCUT2D eigenvalue weighted by Gasteiger charge is 2.20. The Hall–Kier alpha value is -2.52. The first kappa shape index (κ1) is 16.3. The van der Waals surface area contributed by atoms with Crippen LogP contribution >= 0.6 is 0 Å². The molecule has 3 aromatic carbocycles. The van der Waals surface area contributed by atoms with Crippen molar-refractivity contribution in [1.82, 2.24) is 0 Å². The van der Waals surface area contributed by atoms with E-state index in [4.69, 9.17) is 10.4 Å². The summed E-state index contributed by atoms with van der Waals surface area (Å²) < 4.78 is 6.24. The molecule has 0 amide bonds. The molecule has 24 heavy (non-hydrogen) atoms. The number of rotatable bonds is 7. The van der Waals surface area contributed by atoms with E-state index in [0.29, 0.717) is 6.61 Å². The van der Waals surface area contributed by atoms with Crippen molar-refractivity contribution in [2.24, 2.45) is 0 Å². The average molecular weight is 315 g/mol. The quantitative estimate of drug-likeness (QED) is 0.413. The molecule has 0 atom stereocenters. The zero-order valence-electron chi connectivity index (χ0n) is 13.8. The standard InChI is InChI=1S/C21H22BNO/c23-21-16-8-7-10-18(21)11-9-17-24-22(19-12-3-1-4-13-19)20-14-5-2-6-15-20/h1-8,10,12-16H,9,11,17,23H2. The van der Waals surface area contributed by atoms with Crippen molar-refractivity contribution in [3.05, 3.63) is 90.5 Å². The van der Waals surface area contributed by atoms with Gasteiger partial charge in [-0.3, -0.25) is 0 Å². The maximum Gasteiger partial charge on any atom is 0.361 e. The smallest absolute Gasteiger partial charge is 0.361 e. The van der Waals surface area contributed by atoms with Crippen LogP contribution in [0.25, 0.3) is 0 Å². The molecule has 0 unspecified atom stereocenters. The summed E-state index contributed by atoms with van der Waals surface area (Å²) in [6.45, 7) is 0.670. The second kappa shape index (κ2) is 8.37. The fourth-order valence-electron chi connectivity index (χ4n) is 2.87. The third kappa shape index (κ3) is 4.27. The van der Waals surface area contributed by atoms with Gasteiger partial charge in [0.2, 0.25) is 0 Å². The molecule has 0 heterocycles. The van der Waals surface area contributed by atoms with Crippen LogP contribution in [0.3, 0.4) is 0 Å². The van der Waals surface area contributed by atoms with Gasteiger partial charge in [0.1, 0.15) is 0 Å². The molecule has 0 saturated heterocycles. The molecule has 3 heteroatoms. The van der Waals surface area contributed by atoms with Crippen LogP contribution in [0.4, 0.5) is 5.69 Å². The Kier molecular flexibility index (Phi) is 5.70. The van der Waals surface area contributed by atoms with Crippen LogP contribution < -0.4 is 16.7 Å². The zero-order chi connectivity index (χ0) is 16.6. The molecule has 3 rings (SSSR count). The summed E-state index contributed by atoms with van der Waals surface area (Å²) >= 11 is 0. The van der Waals surface area contributed by atoms with Crippen molar-refractivity contribution in [1.29, 1.82) is 0 Å². The molecule has 0 aliphatic carbocycles. The predicted octanol–water partition coefficient (Wildman–Crippen LogP) is 3.02. The molecule has 3 aromatic rings. The molecule has 0 aliphatic rings. The topological polar surface area (TPSA) is 35.2 Å². The maximum absolute atomic E-state index is 6.24. The van der Waals surface area contributed by atoms with E-state index in [0.717, 1.165) is 18.5 Å². The second-order valence-corrected chi connectivity index (χ2v) is 5.87. The lowest BCUT2D eigenvalue weighted by Crippen LogP contribution is -2.45. The normalized spacial score (nSPS) is 10.5. The highest BCUT2D eigenvalue weighted by molar-refractivity contribution is 6.80. The summed E-state index contributed by atoms with van der Waals surface area (Å²) in [5, 5.41) is 0. The third-order valence-electron chi connectivity index (χ3n) is 4.13. The molecule has 0 aliphatic heterocycles. The molecule has 0 saturated carbocycles. The Balaban J connectivity index is 1.64. The number of anilines is 1. The van der Waals surface area contributed by atoms with Gasteiger partial charge >= 0.3 is 6.92 Å². The van der Waals surface area contributed by atoms with Crippen molar-refractivity contribution in [2.45, 2.75) is 12.8 Å². The van der Waals surface area contributed by atoms with Gasteiger partial charge in [-0.15, -0.1) is 0 Å². The van der Waals surface area contributed by atoms with Crippen LogP contribution in [0.15, 0.2) is 84.9 Å². The molecule has 0 aromatic heterocycles. The van der Waals surface area contributed by atoms with Crippen molar-refractivity contribution >= 4 is 23.5 Å². The Morgan fingerprint density at radius 1 is 0.708 bits per heavy atom. The van der Waals surface area contributed by atoms with Crippen LogP contribution in [0, 0.1) is 0 Å². The predicted molar refractivity (Wildman–Crippen MR) is 103 cm³/mol. The minimum Gasteiger partial charge on any atom is -0.427 e. The van der Waals surface area contributed by atoms with Crippen molar-refractivity contribution in [3.63, 3.8) is 0 Å². The zero-order valence-corrected chi connectivity index (χ0v) is 13.8. The van der Waals surface area contributed by atoms with E-state index >= 15 is 0 Å². The molecule has 0 spiro atoms. The molecule has 0 fully saturated rings. The van der Waals surface area contributed by atoms with Gasteiger partial charge < -0.3 is 10.4 Å². The second-order valence-electron chi connectivity index (χ2n) is 5.87. The lowest BCUT2D eigenvalue weighted by atomic mass is 9.55. The Morgan fingerprint density at radius 2 is 1.25 bits per heavy atom. The summed E-state index contributed by atoms with van der Waals surface area (Å²) in [4.78, 5) is 0. The van der Waals surface area contributed by atoms with E-state index in [2.05, 4.69) is 54.6 Å². The van der Waals surface area contributed by atoms with Gasteiger partial charge in [0.25, 0.3) is 0 Å². The summed E-state index contributed by atoms with van der Waals surface area (Å²) in [5.41, 5.74) is 10.4. The van der Waals surface area contributed by atoms with Gasteiger partial charge in [-0.05, 0) is 35.4 Å². The number of aryl methyl sites for hydroxylation is 1. The van der Waals surface area contributed by atoms with E-state index in [9.17, 15) is 0 Å². The number of nitrogen functional groups attached to an aromatic ring is 1. The maximum atomic E-state index is 6.24. The first-order chi connectivity index (χ1) is 11.8. The Labute approximate surface area is 144 Å². The van der Waals surface area contributed by atoms with Crippen molar-refractivity contribution in [2.75, 3.05) is 12.3 Å². The van der Waals surface area contributed by atoms with Gasteiger partial charge in [0.05, 0.1) is 0 Å². The third-order valence-corrected chi connectivity index (χ3v) is 4.13. The minimum atomic E-state index is -0.0273. The van der Waals surface area contributed by atoms with Crippen LogP contribution in [0.2, 0.25) is 0 Å². The lowest BCUT2D eigenvalue weighted by Gasteiger charge is -2.15. The van der Waals surface area contributed by atoms with Gasteiger partial charge in [-0.2, -0.15) is 0 Å². The number of benzene rings is 3. The lowest BCUT2D eigenvalue weighted by molar-refractivity contribution is 0.326. The SMILES string of the molecule is Nc1ccccc1CCCOB(c1ccccc1)c1ccccc1. The van der Waals surface area contributed by atoms with Gasteiger partial charge in [-0.25, -0.2) is 0 Å². The molecule has 0 radical (unpaired) electrons. The number of para-hydroxylation sites is 1. The molecular weight excluding hydrogens is 293 g/mol. The van der Waals surface area contributed by atoms with E-state index in [1.54, 1.807) is 0 Å². The first-order valence-corrected chi connectivity index (χ1v) is 8.39. The van der Waals surface area contributed by atoms with Crippen LogP contribution in [-0.2, 0) is 11.1 Å². The van der Waals surface area contributed by atoms with Crippen LogP contribution in [-0.4, -0.2) is 13.5 Å². The molecule has 120 valence electrons. The molecule has 2 N–H and O–H groups in total. The molecule has 0 bridgehead atoms. The fraction of sp³-hybridized carbons (Fsp3) is 0.143.